The Morgan fingerprint density at radius 3 is 2.26 bits per heavy atom. The SMILES string of the molecule is BN1CPC2Nc3c(N=C(c4ccccc4)c4ccccc4)cccc3C2CC1(C)C. The van der Waals surface area contributed by atoms with Crippen molar-refractivity contribution in [2.75, 3.05) is 11.6 Å². The van der Waals surface area contributed by atoms with Crippen LogP contribution in [0.1, 0.15) is 42.9 Å². The quantitative estimate of drug-likeness (QED) is 0.348. The first-order valence-electron chi connectivity index (χ1n) is 11.1. The molecule has 1 N–H and O–H groups in total. The monoisotopic (exact) mass is 425 g/mol. The number of hydrogen-bond acceptors (Lipinski definition) is 3. The van der Waals surface area contributed by atoms with Crippen molar-refractivity contribution in [3.05, 3.63) is 95.6 Å². The first-order valence-corrected chi connectivity index (χ1v) is 12.3. The molecule has 0 bridgehead atoms. The summed E-state index contributed by atoms with van der Waals surface area (Å²) in [5, 5.41) is 3.89. The van der Waals surface area contributed by atoms with E-state index in [0.29, 0.717) is 11.7 Å². The van der Waals surface area contributed by atoms with Crippen LogP contribution in [0.5, 0.6) is 0 Å². The number of aliphatic imine (C=N–C) groups is 1. The van der Waals surface area contributed by atoms with Crippen molar-refractivity contribution < 1.29 is 0 Å². The normalized spacial score (nSPS) is 22.8. The van der Waals surface area contributed by atoms with Crippen LogP contribution in [-0.4, -0.2) is 36.1 Å². The van der Waals surface area contributed by atoms with Crippen molar-refractivity contribution in [2.45, 2.75) is 37.5 Å². The lowest BCUT2D eigenvalue weighted by molar-refractivity contribution is 0.241. The van der Waals surface area contributed by atoms with Crippen LogP contribution in [0, 0.1) is 0 Å². The third-order valence-corrected chi connectivity index (χ3v) is 8.45. The largest absolute Gasteiger partial charge is 0.376 e. The van der Waals surface area contributed by atoms with Crippen molar-refractivity contribution in [1.82, 2.24) is 4.81 Å². The molecule has 31 heavy (non-hydrogen) atoms. The van der Waals surface area contributed by atoms with Crippen LogP contribution in [0.25, 0.3) is 0 Å². The summed E-state index contributed by atoms with van der Waals surface area (Å²) < 4.78 is 0. The molecule has 3 nitrogen and oxygen atoms in total. The van der Waals surface area contributed by atoms with Gasteiger partial charge in [-0.25, -0.2) is 4.99 Å². The molecule has 2 aliphatic heterocycles. The van der Waals surface area contributed by atoms with E-state index in [1.165, 1.54) is 17.7 Å². The smallest absolute Gasteiger partial charge is 0.186 e. The molecule has 0 aromatic heterocycles. The molecule has 1 fully saturated rings. The Balaban J connectivity index is 1.60. The van der Waals surface area contributed by atoms with E-state index in [0.717, 1.165) is 37.4 Å². The highest BCUT2D eigenvalue weighted by atomic mass is 31.1. The average Bonchev–Trinajstić information content (AvgIpc) is 3.09. The Hall–Kier alpha value is -2.42. The van der Waals surface area contributed by atoms with Gasteiger partial charge < -0.3 is 10.1 Å². The predicted molar refractivity (Wildman–Crippen MR) is 137 cm³/mol. The summed E-state index contributed by atoms with van der Waals surface area (Å²) in [6, 6.07) is 27.7. The molecule has 0 aliphatic carbocycles. The van der Waals surface area contributed by atoms with E-state index in [1.807, 2.05) is 0 Å². The maximum atomic E-state index is 5.25. The number of para-hydroxylation sites is 1. The van der Waals surface area contributed by atoms with Gasteiger partial charge in [0.05, 0.1) is 22.9 Å². The number of fused-ring (bicyclic) bond motifs is 3. The molecule has 0 amide bonds. The van der Waals surface area contributed by atoms with Gasteiger partial charge in [0.15, 0.2) is 7.98 Å². The summed E-state index contributed by atoms with van der Waals surface area (Å²) in [4.78, 5) is 7.77. The summed E-state index contributed by atoms with van der Waals surface area (Å²) in [5.41, 5.74) is 7.22. The maximum Gasteiger partial charge on any atom is 0.186 e. The molecule has 5 rings (SSSR count). The first-order chi connectivity index (χ1) is 15.0. The summed E-state index contributed by atoms with van der Waals surface area (Å²) in [6.07, 6.45) is 2.31. The van der Waals surface area contributed by atoms with Gasteiger partial charge in [-0.3, -0.25) is 0 Å². The van der Waals surface area contributed by atoms with Crippen LogP contribution in [0.15, 0.2) is 83.9 Å². The minimum atomic E-state index is 0.203. The molecule has 156 valence electrons. The molecule has 3 aromatic carbocycles. The minimum absolute atomic E-state index is 0.203. The van der Waals surface area contributed by atoms with Crippen LogP contribution in [0.2, 0.25) is 0 Å². The molecule has 3 aromatic rings. The topological polar surface area (TPSA) is 27.6 Å². The van der Waals surface area contributed by atoms with E-state index in [-0.39, 0.29) is 5.54 Å². The molecule has 2 heterocycles. The summed E-state index contributed by atoms with van der Waals surface area (Å²) >= 11 is 0. The lowest BCUT2D eigenvalue weighted by atomic mass is 9.84. The molecule has 1 saturated heterocycles. The van der Waals surface area contributed by atoms with Gasteiger partial charge >= 0.3 is 0 Å². The molecule has 2 aliphatic rings. The molecular weight excluding hydrogens is 396 g/mol. The Bertz CT molecular complexity index is 1060. The van der Waals surface area contributed by atoms with Gasteiger partial charge in [-0.2, -0.15) is 0 Å². The maximum absolute atomic E-state index is 5.25. The number of nitrogens with one attached hydrogen (secondary N) is 1. The predicted octanol–water partition coefficient (Wildman–Crippen LogP) is 5.36. The number of nitrogens with zero attached hydrogens (tertiary/aromatic N) is 2. The molecule has 5 heteroatoms. The third-order valence-electron chi connectivity index (χ3n) is 6.80. The van der Waals surface area contributed by atoms with Crippen LogP contribution in [-0.2, 0) is 0 Å². The number of anilines is 1. The minimum Gasteiger partial charge on any atom is -0.376 e. The zero-order chi connectivity index (χ0) is 21.4. The van der Waals surface area contributed by atoms with Gasteiger partial charge in [-0.1, -0.05) is 81.4 Å². The zero-order valence-electron chi connectivity index (χ0n) is 18.5. The molecular formula is C26H29BN3P. The fourth-order valence-electron chi connectivity index (χ4n) is 4.73. The van der Waals surface area contributed by atoms with Crippen LogP contribution in [0.3, 0.4) is 0 Å². The van der Waals surface area contributed by atoms with Crippen molar-refractivity contribution >= 4 is 33.6 Å². The van der Waals surface area contributed by atoms with Crippen molar-refractivity contribution in [3.63, 3.8) is 0 Å². The molecule has 0 saturated carbocycles. The van der Waals surface area contributed by atoms with E-state index in [1.54, 1.807) is 0 Å². The second-order valence-electron chi connectivity index (χ2n) is 9.24. The third kappa shape index (κ3) is 3.95. The van der Waals surface area contributed by atoms with E-state index in [9.17, 15) is 0 Å². The van der Waals surface area contributed by atoms with Gasteiger partial charge in [-0.05, 0) is 31.9 Å². The second-order valence-corrected chi connectivity index (χ2v) is 10.6. The lowest BCUT2D eigenvalue weighted by Gasteiger charge is -2.35. The Kier molecular flexibility index (Phi) is 5.46. The average molecular weight is 425 g/mol. The standard InChI is InChI=1S/C26H29BN3P/c1-26(2)16-21-20-14-9-15-22(24(20)29-25(21)31-17-30(26)27)28-23(18-10-5-3-6-11-18)19-12-7-4-8-13-19/h3-15,21,25,29,31H,16-17,27H2,1-2H3. The van der Waals surface area contributed by atoms with Crippen molar-refractivity contribution in [3.8, 4) is 0 Å². The van der Waals surface area contributed by atoms with Crippen molar-refractivity contribution in [1.29, 1.82) is 0 Å². The van der Waals surface area contributed by atoms with Crippen LogP contribution >= 0.6 is 8.58 Å². The highest BCUT2D eigenvalue weighted by Crippen LogP contribution is 2.52. The van der Waals surface area contributed by atoms with Crippen LogP contribution < -0.4 is 5.32 Å². The van der Waals surface area contributed by atoms with E-state index in [2.05, 4.69) is 111 Å². The summed E-state index contributed by atoms with van der Waals surface area (Å²) in [7, 11) is 3.14. The number of hydrogen-bond donors (Lipinski definition) is 1. The van der Waals surface area contributed by atoms with Gasteiger partial charge in [-0.15, -0.1) is 0 Å². The van der Waals surface area contributed by atoms with E-state index < -0.39 is 0 Å². The van der Waals surface area contributed by atoms with Gasteiger partial charge in [0.1, 0.15) is 0 Å². The van der Waals surface area contributed by atoms with Gasteiger partial charge in [0.25, 0.3) is 0 Å². The number of rotatable bonds is 3. The van der Waals surface area contributed by atoms with Crippen LogP contribution in [0.4, 0.5) is 11.4 Å². The van der Waals surface area contributed by atoms with Crippen molar-refractivity contribution in [2.24, 2.45) is 4.99 Å². The van der Waals surface area contributed by atoms with E-state index >= 15 is 0 Å². The fraction of sp³-hybridized carbons (Fsp3) is 0.269. The summed E-state index contributed by atoms with van der Waals surface area (Å²) in [6.45, 7) is 4.76. The lowest BCUT2D eigenvalue weighted by Crippen LogP contribution is -2.41. The molecule has 0 radical (unpaired) electrons. The Morgan fingerprint density at radius 2 is 1.61 bits per heavy atom. The van der Waals surface area contributed by atoms with E-state index in [4.69, 9.17) is 4.99 Å². The fourth-order valence-corrected chi connectivity index (χ4v) is 6.45. The van der Waals surface area contributed by atoms with Gasteiger partial charge in [0.2, 0.25) is 0 Å². The Morgan fingerprint density at radius 1 is 0.968 bits per heavy atom. The Labute approximate surface area is 188 Å². The highest BCUT2D eigenvalue weighted by Gasteiger charge is 2.41. The summed E-state index contributed by atoms with van der Waals surface area (Å²) in [5.74, 6) is 1.05. The zero-order valence-corrected chi connectivity index (χ0v) is 19.5. The second kappa shape index (κ2) is 8.26. The molecule has 0 spiro atoms. The van der Waals surface area contributed by atoms with Gasteiger partial charge in [0, 0.05) is 28.9 Å². The highest BCUT2D eigenvalue weighted by molar-refractivity contribution is 7.39. The number of benzene rings is 3. The molecule has 3 atom stereocenters. The molecule has 3 unspecified atom stereocenters. The first kappa shape index (κ1) is 20.5.